The summed E-state index contributed by atoms with van der Waals surface area (Å²) in [5, 5.41) is 14.4. The summed E-state index contributed by atoms with van der Waals surface area (Å²) >= 11 is 0. The highest BCUT2D eigenvalue weighted by molar-refractivity contribution is 5.74. The highest BCUT2D eigenvalue weighted by Crippen LogP contribution is 2.25. The number of aromatic amines is 1. The molecule has 1 saturated heterocycles. The molecule has 0 bridgehead atoms. The molecule has 13 heteroatoms. The lowest BCUT2D eigenvalue weighted by molar-refractivity contribution is -0.192. The van der Waals surface area contributed by atoms with Gasteiger partial charge in [0.1, 0.15) is 5.82 Å². The smallest absolute Gasteiger partial charge is 0.475 e. The Labute approximate surface area is 186 Å². The summed E-state index contributed by atoms with van der Waals surface area (Å²) in [6.45, 7) is 2.68. The first-order chi connectivity index (χ1) is 15.7. The number of carbonyl (C=O) groups excluding carboxylic acids is 1. The van der Waals surface area contributed by atoms with Crippen molar-refractivity contribution in [2.45, 2.75) is 31.5 Å². The third kappa shape index (κ3) is 6.85. The molecule has 10 nitrogen and oxygen atoms in total. The molecule has 0 saturated carbocycles. The number of aliphatic carboxylic acids is 1. The molecule has 178 valence electrons. The highest BCUT2D eigenvalue weighted by Gasteiger charge is 2.38. The second kappa shape index (κ2) is 10.7. The zero-order valence-electron chi connectivity index (χ0n) is 17.5. The van der Waals surface area contributed by atoms with Crippen molar-refractivity contribution >= 4 is 12.0 Å². The molecule has 0 spiro atoms. The minimum Gasteiger partial charge on any atom is -0.475 e. The quantitative estimate of drug-likeness (QED) is 0.528. The van der Waals surface area contributed by atoms with Gasteiger partial charge in [-0.3, -0.25) is 4.68 Å². The second-order valence-corrected chi connectivity index (χ2v) is 7.27. The standard InChI is InChI=1S/C18H22N6O2.C2HF3O2/c25-18(23-7-1-14(2-8-23)17-19-4-5-20-17)21-6-9-24-12-16(11-22-24)15-3-10-26-13-15;3-2(4,5)1(6)7/h3-5,10-14H,1-2,6-9H2,(H,19,20)(H,21,25);(H,6,7). The van der Waals surface area contributed by atoms with Crippen LogP contribution in [0.5, 0.6) is 0 Å². The number of hydrogen-bond acceptors (Lipinski definition) is 5. The number of rotatable bonds is 5. The fourth-order valence-electron chi connectivity index (χ4n) is 3.31. The van der Waals surface area contributed by atoms with Gasteiger partial charge in [-0.25, -0.2) is 14.6 Å². The first-order valence-corrected chi connectivity index (χ1v) is 10.1. The maximum absolute atomic E-state index is 12.3. The average molecular weight is 468 g/mol. The van der Waals surface area contributed by atoms with Crippen LogP contribution in [0.2, 0.25) is 0 Å². The van der Waals surface area contributed by atoms with Crippen molar-refractivity contribution in [3.05, 3.63) is 49.2 Å². The lowest BCUT2D eigenvalue weighted by Crippen LogP contribution is -2.45. The molecule has 2 amide bonds. The van der Waals surface area contributed by atoms with Crippen molar-refractivity contribution in [3.63, 3.8) is 0 Å². The van der Waals surface area contributed by atoms with Crippen molar-refractivity contribution in [3.8, 4) is 11.1 Å². The van der Waals surface area contributed by atoms with E-state index in [1.54, 1.807) is 24.9 Å². The summed E-state index contributed by atoms with van der Waals surface area (Å²) in [6, 6.07) is 1.89. The first-order valence-electron chi connectivity index (χ1n) is 10.1. The molecule has 0 radical (unpaired) electrons. The maximum Gasteiger partial charge on any atom is 0.490 e. The van der Waals surface area contributed by atoms with Gasteiger partial charge in [0.25, 0.3) is 0 Å². The number of piperidine rings is 1. The zero-order valence-corrected chi connectivity index (χ0v) is 17.5. The van der Waals surface area contributed by atoms with Gasteiger partial charge in [0.15, 0.2) is 0 Å². The average Bonchev–Trinajstić information content (AvgIpc) is 3.56. The zero-order chi connectivity index (χ0) is 23.8. The lowest BCUT2D eigenvalue weighted by atomic mass is 9.96. The Hall–Kier alpha value is -3.77. The molecular weight excluding hydrogens is 445 g/mol. The number of urea groups is 1. The molecule has 1 aliphatic heterocycles. The molecule has 0 aromatic carbocycles. The van der Waals surface area contributed by atoms with Crippen LogP contribution >= 0.6 is 0 Å². The van der Waals surface area contributed by atoms with E-state index >= 15 is 0 Å². The SMILES string of the molecule is O=C(NCCn1cc(-c2ccoc2)cn1)N1CCC(c2ncc[nH]2)CC1.O=C(O)C(F)(F)F. The van der Waals surface area contributed by atoms with Gasteiger partial charge in [-0.15, -0.1) is 0 Å². The van der Waals surface area contributed by atoms with E-state index in [-0.39, 0.29) is 6.03 Å². The van der Waals surface area contributed by atoms with Gasteiger partial charge in [0.05, 0.1) is 25.3 Å². The van der Waals surface area contributed by atoms with Crippen molar-refractivity contribution < 1.29 is 32.3 Å². The van der Waals surface area contributed by atoms with Crippen LogP contribution in [0.1, 0.15) is 24.6 Å². The summed E-state index contributed by atoms with van der Waals surface area (Å²) in [5.41, 5.74) is 2.00. The van der Waals surface area contributed by atoms with E-state index in [2.05, 4.69) is 20.4 Å². The Kier molecular flexibility index (Phi) is 7.74. The van der Waals surface area contributed by atoms with Gasteiger partial charge < -0.3 is 24.7 Å². The Bertz CT molecular complexity index is 1010. The van der Waals surface area contributed by atoms with Crippen LogP contribution in [-0.2, 0) is 11.3 Å². The van der Waals surface area contributed by atoms with Gasteiger partial charge in [-0.2, -0.15) is 18.3 Å². The molecule has 1 aliphatic rings. The third-order valence-corrected chi connectivity index (χ3v) is 5.04. The number of aromatic nitrogens is 4. The molecule has 1 fully saturated rings. The van der Waals surface area contributed by atoms with E-state index in [0.29, 0.717) is 19.0 Å². The van der Waals surface area contributed by atoms with Gasteiger partial charge >= 0.3 is 18.2 Å². The number of amides is 2. The van der Waals surface area contributed by atoms with Crippen LogP contribution in [0.25, 0.3) is 11.1 Å². The topological polar surface area (TPSA) is 129 Å². The number of halogens is 3. The predicted octanol–water partition coefficient (Wildman–Crippen LogP) is 3.09. The molecule has 33 heavy (non-hydrogen) atoms. The minimum atomic E-state index is -5.08. The van der Waals surface area contributed by atoms with E-state index < -0.39 is 12.1 Å². The van der Waals surface area contributed by atoms with Crippen LogP contribution in [0.4, 0.5) is 18.0 Å². The summed E-state index contributed by atoms with van der Waals surface area (Å²) in [7, 11) is 0. The molecule has 3 aromatic heterocycles. The Balaban J connectivity index is 0.000000383. The summed E-state index contributed by atoms with van der Waals surface area (Å²) < 4.78 is 38.6. The summed E-state index contributed by atoms with van der Waals surface area (Å²) in [5.74, 6) is -1.32. The van der Waals surface area contributed by atoms with Gasteiger partial charge in [0.2, 0.25) is 0 Å². The van der Waals surface area contributed by atoms with Crippen LogP contribution in [0.15, 0.2) is 47.8 Å². The molecule has 0 aliphatic carbocycles. The van der Waals surface area contributed by atoms with E-state index in [1.807, 2.05) is 28.0 Å². The monoisotopic (exact) mass is 468 g/mol. The first kappa shape index (κ1) is 23.9. The number of H-pyrrole nitrogens is 1. The molecule has 4 heterocycles. The van der Waals surface area contributed by atoms with Crippen LogP contribution < -0.4 is 5.32 Å². The number of furan rings is 1. The molecule has 0 atom stereocenters. The van der Waals surface area contributed by atoms with E-state index in [1.165, 1.54) is 0 Å². The van der Waals surface area contributed by atoms with E-state index in [4.69, 9.17) is 14.3 Å². The maximum atomic E-state index is 12.3. The normalized spacial score (nSPS) is 14.5. The number of carbonyl (C=O) groups is 2. The number of likely N-dealkylation sites (tertiary alicyclic amines) is 1. The molecule has 3 aromatic rings. The van der Waals surface area contributed by atoms with Crippen molar-refractivity contribution in [2.24, 2.45) is 0 Å². The number of nitrogens with zero attached hydrogens (tertiary/aromatic N) is 4. The van der Waals surface area contributed by atoms with Crippen molar-refractivity contribution in [1.29, 1.82) is 0 Å². The summed E-state index contributed by atoms with van der Waals surface area (Å²) in [4.78, 5) is 30.6. The van der Waals surface area contributed by atoms with Gasteiger partial charge in [0, 0.05) is 55.3 Å². The van der Waals surface area contributed by atoms with Gasteiger partial charge in [-0.1, -0.05) is 0 Å². The minimum absolute atomic E-state index is 0.00916. The van der Waals surface area contributed by atoms with Crippen LogP contribution in [0.3, 0.4) is 0 Å². The number of alkyl halides is 3. The Morgan fingerprint density at radius 3 is 2.58 bits per heavy atom. The molecule has 3 N–H and O–H groups in total. The fourth-order valence-corrected chi connectivity index (χ4v) is 3.31. The van der Waals surface area contributed by atoms with Crippen LogP contribution in [0, 0.1) is 0 Å². The molecular formula is C20H23F3N6O4. The Morgan fingerprint density at radius 1 is 1.27 bits per heavy atom. The molecule has 0 unspecified atom stereocenters. The van der Waals surface area contributed by atoms with E-state index in [9.17, 15) is 18.0 Å². The van der Waals surface area contributed by atoms with Crippen molar-refractivity contribution in [2.75, 3.05) is 19.6 Å². The number of carboxylic acid groups (broad SMARTS) is 1. The fraction of sp³-hybridized carbons (Fsp3) is 0.400. The Morgan fingerprint density at radius 2 is 2.00 bits per heavy atom. The largest absolute Gasteiger partial charge is 0.490 e. The van der Waals surface area contributed by atoms with Crippen LogP contribution in [-0.4, -0.2) is 67.6 Å². The van der Waals surface area contributed by atoms with E-state index in [0.717, 1.165) is 42.9 Å². The summed E-state index contributed by atoms with van der Waals surface area (Å²) in [6.07, 6.45) is 7.50. The molecule has 4 rings (SSSR count). The number of carboxylic acids is 1. The highest BCUT2D eigenvalue weighted by atomic mass is 19.4. The van der Waals surface area contributed by atoms with Gasteiger partial charge in [-0.05, 0) is 18.9 Å². The third-order valence-electron chi connectivity index (χ3n) is 5.04. The lowest BCUT2D eigenvalue weighted by Gasteiger charge is -2.31. The number of hydrogen-bond donors (Lipinski definition) is 3. The number of nitrogens with one attached hydrogen (secondary N) is 2. The second-order valence-electron chi connectivity index (χ2n) is 7.27. The number of imidazole rings is 1. The predicted molar refractivity (Wildman–Crippen MR) is 109 cm³/mol. The van der Waals surface area contributed by atoms with Crippen molar-refractivity contribution in [1.82, 2.24) is 30.0 Å².